The van der Waals surface area contributed by atoms with E-state index < -0.39 is 0 Å². The summed E-state index contributed by atoms with van der Waals surface area (Å²) >= 11 is 0. The zero-order chi connectivity index (χ0) is 19.7. The summed E-state index contributed by atoms with van der Waals surface area (Å²) in [6.45, 7) is 2.99. The third kappa shape index (κ3) is 3.50. The van der Waals surface area contributed by atoms with Gasteiger partial charge in [0.2, 0.25) is 5.91 Å². The SMILES string of the molecule is Cc1cccc(NC(=O)C2CCCN(C(=O)c3cc4ccccc4n3C)C2)n1. The minimum absolute atomic E-state index is 0.0233. The molecule has 1 aliphatic heterocycles. The summed E-state index contributed by atoms with van der Waals surface area (Å²) in [6.07, 6.45) is 1.59. The van der Waals surface area contributed by atoms with Crippen molar-refractivity contribution in [3.8, 4) is 0 Å². The van der Waals surface area contributed by atoms with E-state index in [1.165, 1.54) is 0 Å². The second-order valence-electron chi connectivity index (χ2n) is 7.39. The van der Waals surface area contributed by atoms with Gasteiger partial charge < -0.3 is 14.8 Å². The number of anilines is 1. The third-order valence-electron chi connectivity index (χ3n) is 5.39. The second-order valence-corrected chi connectivity index (χ2v) is 7.39. The molecular weight excluding hydrogens is 352 g/mol. The Labute approximate surface area is 164 Å². The number of carbonyl (C=O) groups excluding carboxylic acids is 2. The highest BCUT2D eigenvalue weighted by Gasteiger charge is 2.30. The number of benzene rings is 1. The standard InChI is InChI=1S/C22H24N4O2/c1-15-7-5-11-20(23-15)24-21(27)17-9-6-12-26(14-17)22(28)19-13-16-8-3-4-10-18(16)25(19)2/h3-5,7-8,10-11,13,17H,6,9,12,14H2,1-2H3,(H,23,24,27). The molecule has 0 spiro atoms. The van der Waals surface area contributed by atoms with Crippen LogP contribution in [0.3, 0.4) is 0 Å². The lowest BCUT2D eigenvalue weighted by Gasteiger charge is -2.32. The Hall–Kier alpha value is -3.15. The van der Waals surface area contributed by atoms with Crippen LogP contribution < -0.4 is 5.32 Å². The van der Waals surface area contributed by atoms with E-state index >= 15 is 0 Å². The molecule has 2 amide bonds. The molecule has 1 unspecified atom stereocenters. The molecule has 0 aliphatic carbocycles. The molecule has 1 aromatic carbocycles. The number of carbonyl (C=O) groups is 2. The fourth-order valence-electron chi connectivity index (χ4n) is 3.87. The number of fused-ring (bicyclic) bond motifs is 1. The van der Waals surface area contributed by atoms with Crippen LogP contribution in [0.1, 0.15) is 29.0 Å². The Morgan fingerprint density at radius 3 is 2.75 bits per heavy atom. The van der Waals surface area contributed by atoms with E-state index in [1.807, 2.05) is 61.0 Å². The number of hydrogen-bond donors (Lipinski definition) is 1. The van der Waals surface area contributed by atoms with Crippen molar-refractivity contribution in [3.05, 3.63) is 59.9 Å². The molecule has 6 heteroatoms. The van der Waals surface area contributed by atoms with Gasteiger partial charge in [-0.05, 0) is 44.0 Å². The number of piperidine rings is 1. The molecule has 6 nitrogen and oxygen atoms in total. The second kappa shape index (κ2) is 7.46. The monoisotopic (exact) mass is 376 g/mol. The maximum Gasteiger partial charge on any atom is 0.270 e. The van der Waals surface area contributed by atoms with E-state index in [1.54, 1.807) is 11.0 Å². The molecule has 1 saturated heterocycles. The Balaban J connectivity index is 1.49. The van der Waals surface area contributed by atoms with Crippen molar-refractivity contribution in [3.63, 3.8) is 0 Å². The number of amides is 2. The summed E-state index contributed by atoms with van der Waals surface area (Å²) in [6, 6.07) is 15.4. The zero-order valence-electron chi connectivity index (χ0n) is 16.2. The van der Waals surface area contributed by atoms with Gasteiger partial charge in [0.25, 0.3) is 5.91 Å². The van der Waals surface area contributed by atoms with Crippen molar-refractivity contribution in [1.29, 1.82) is 0 Å². The van der Waals surface area contributed by atoms with E-state index in [0.29, 0.717) is 24.6 Å². The van der Waals surface area contributed by atoms with Crippen LogP contribution in [0.5, 0.6) is 0 Å². The van der Waals surface area contributed by atoms with Gasteiger partial charge in [-0.2, -0.15) is 0 Å². The average Bonchev–Trinajstić information content (AvgIpc) is 3.04. The highest BCUT2D eigenvalue weighted by atomic mass is 16.2. The number of nitrogens with one attached hydrogen (secondary N) is 1. The predicted molar refractivity (Wildman–Crippen MR) is 109 cm³/mol. The number of aryl methyl sites for hydroxylation is 2. The Morgan fingerprint density at radius 1 is 1.14 bits per heavy atom. The highest BCUT2D eigenvalue weighted by molar-refractivity contribution is 5.99. The summed E-state index contributed by atoms with van der Waals surface area (Å²) in [5, 5.41) is 3.94. The van der Waals surface area contributed by atoms with Gasteiger partial charge in [0.05, 0.1) is 5.92 Å². The minimum atomic E-state index is -0.227. The van der Waals surface area contributed by atoms with Crippen molar-refractivity contribution in [1.82, 2.24) is 14.5 Å². The number of nitrogens with zero attached hydrogens (tertiary/aromatic N) is 3. The van der Waals surface area contributed by atoms with Gasteiger partial charge in [-0.1, -0.05) is 24.3 Å². The normalized spacial score (nSPS) is 16.9. The summed E-state index contributed by atoms with van der Waals surface area (Å²) in [4.78, 5) is 31.9. The molecule has 3 aromatic rings. The molecule has 4 rings (SSSR count). The van der Waals surface area contributed by atoms with Gasteiger partial charge in [-0.15, -0.1) is 0 Å². The Kier molecular flexibility index (Phi) is 4.86. The molecule has 144 valence electrons. The van der Waals surface area contributed by atoms with E-state index in [2.05, 4.69) is 10.3 Å². The number of aromatic nitrogens is 2. The predicted octanol–water partition coefficient (Wildman–Crippen LogP) is 3.37. The maximum absolute atomic E-state index is 13.1. The van der Waals surface area contributed by atoms with E-state index in [4.69, 9.17) is 0 Å². The summed E-state index contributed by atoms with van der Waals surface area (Å²) in [5.74, 6) is 0.231. The summed E-state index contributed by atoms with van der Waals surface area (Å²) < 4.78 is 1.93. The van der Waals surface area contributed by atoms with Gasteiger partial charge in [-0.3, -0.25) is 9.59 Å². The van der Waals surface area contributed by atoms with Crippen molar-refractivity contribution in [2.45, 2.75) is 19.8 Å². The first-order valence-electron chi connectivity index (χ1n) is 9.61. The van der Waals surface area contributed by atoms with Crippen LogP contribution in [-0.2, 0) is 11.8 Å². The lowest BCUT2D eigenvalue weighted by molar-refractivity contribution is -0.121. The molecule has 0 saturated carbocycles. The Morgan fingerprint density at radius 2 is 1.96 bits per heavy atom. The van der Waals surface area contributed by atoms with Crippen LogP contribution in [0.25, 0.3) is 10.9 Å². The van der Waals surface area contributed by atoms with Gasteiger partial charge in [0, 0.05) is 36.7 Å². The summed E-state index contributed by atoms with van der Waals surface area (Å²) in [7, 11) is 1.91. The average molecular weight is 376 g/mol. The van der Waals surface area contributed by atoms with E-state index in [-0.39, 0.29) is 17.7 Å². The van der Waals surface area contributed by atoms with Gasteiger partial charge in [0.1, 0.15) is 11.5 Å². The van der Waals surface area contributed by atoms with Crippen molar-refractivity contribution < 1.29 is 9.59 Å². The molecule has 3 heterocycles. The van der Waals surface area contributed by atoms with Crippen LogP contribution in [0.15, 0.2) is 48.5 Å². The fraction of sp³-hybridized carbons (Fsp3) is 0.318. The maximum atomic E-state index is 13.1. The van der Waals surface area contributed by atoms with Crippen LogP contribution >= 0.6 is 0 Å². The van der Waals surface area contributed by atoms with Crippen LogP contribution in [0.2, 0.25) is 0 Å². The molecule has 1 fully saturated rings. The lowest BCUT2D eigenvalue weighted by atomic mass is 9.97. The fourth-order valence-corrected chi connectivity index (χ4v) is 3.87. The van der Waals surface area contributed by atoms with Gasteiger partial charge >= 0.3 is 0 Å². The minimum Gasteiger partial charge on any atom is -0.340 e. The molecular formula is C22H24N4O2. The van der Waals surface area contributed by atoms with Gasteiger partial charge in [-0.25, -0.2) is 4.98 Å². The zero-order valence-corrected chi connectivity index (χ0v) is 16.2. The Bertz CT molecular complexity index is 1040. The quantitative estimate of drug-likeness (QED) is 0.762. The largest absolute Gasteiger partial charge is 0.340 e. The molecule has 1 atom stereocenters. The van der Waals surface area contributed by atoms with E-state index in [0.717, 1.165) is 29.4 Å². The van der Waals surface area contributed by atoms with Crippen molar-refractivity contribution >= 4 is 28.5 Å². The van der Waals surface area contributed by atoms with Crippen molar-refractivity contribution in [2.75, 3.05) is 18.4 Å². The number of hydrogen-bond acceptors (Lipinski definition) is 3. The van der Waals surface area contributed by atoms with Crippen LogP contribution in [0.4, 0.5) is 5.82 Å². The number of pyridine rings is 1. The van der Waals surface area contributed by atoms with Crippen LogP contribution in [0, 0.1) is 12.8 Å². The number of likely N-dealkylation sites (tertiary alicyclic amines) is 1. The molecule has 0 bridgehead atoms. The van der Waals surface area contributed by atoms with Gasteiger partial charge in [0.15, 0.2) is 0 Å². The highest BCUT2D eigenvalue weighted by Crippen LogP contribution is 2.23. The first-order chi connectivity index (χ1) is 13.5. The first-order valence-corrected chi connectivity index (χ1v) is 9.61. The third-order valence-corrected chi connectivity index (χ3v) is 5.39. The number of rotatable bonds is 3. The van der Waals surface area contributed by atoms with Crippen molar-refractivity contribution in [2.24, 2.45) is 13.0 Å². The molecule has 1 aliphatic rings. The lowest BCUT2D eigenvalue weighted by Crippen LogP contribution is -2.44. The number of para-hydroxylation sites is 1. The molecule has 1 N–H and O–H groups in total. The first kappa shape index (κ1) is 18.2. The molecule has 28 heavy (non-hydrogen) atoms. The smallest absolute Gasteiger partial charge is 0.270 e. The topological polar surface area (TPSA) is 67.2 Å². The summed E-state index contributed by atoms with van der Waals surface area (Å²) in [5.41, 5.74) is 2.54. The van der Waals surface area contributed by atoms with Crippen LogP contribution in [-0.4, -0.2) is 39.4 Å². The molecule has 2 aromatic heterocycles. The molecule has 0 radical (unpaired) electrons. The van der Waals surface area contributed by atoms with E-state index in [9.17, 15) is 9.59 Å².